The first-order valence-corrected chi connectivity index (χ1v) is 7.50. The van der Waals surface area contributed by atoms with Gasteiger partial charge in [0.05, 0.1) is 0 Å². The van der Waals surface area contributed by atoms with E-state index < -0.39 is 0 Å². The molecule has 19 heavy (non-hydrogen) atoms. The Labute approximate surface area is 124 Å². The van der Waals surface area contributed by atoms with Crippen LogP contribution in [-0.4, -0.2) is 36.5 Å². The van der Waals surface area contributed by atoms with Crippen LogP contribution in [0.3, 0.4) is 0 Å². The lowest BCUT2D eigenvalue weighted by Gasteiger charge is -2.27. The Balaban J connectivity index is 0.00000324. The van der Waals surface area contributed by atoms with E-state index >= 15 is 0 Å². The minimum absolute atomic E-state index is 0. The molecule has 1 rings (SSSR count). The number of amides is 1. The fraction of sp³-hybridized carbons (Fsp3) is 0.933. The van der Waals surface area contributed by atoms with E-state index in [1.54, 1.807) is 0 Å². The van der Waals surface area contributed by atoms with Gasteiger partial charge in [-0.1, -0.05) is 27.7 Å². The highest BCUT2D eigenvalue weighted by atomic mass is 35.5. The second-order valence-electron chi connectivity index (χ2n) is 6.42. The zero-order valence-electron chi connectivity index (χ0n) is 12.9. The second kappa shape index (κ2) is 9.60. The minimum atomic E-state index is 0. The summed E-state index contributed by atoms with van der Waals surface area (Å²) in [4.78, 5) is 14.3. The normalized spacial score (nSPS) is 18.7. The first kappa shape index (κ1) is 18.7. The predicted molar refractivity (Wildman–Crippen MR) is 83.8 cm³/mol. The van der Waals surface area contributed by atoms with Crippen LogP contribution in [-0.2, 0) is 4.79 Å². The third-order valence-corrected chi connectivity index (χ3v) is 3.39. The first-order valence-electron chi connectivity index (χ1n) is 7.50. The van der Waals surface area contributed by atoms with Crippen molar-refractivity contribution >= 4 is 18.3 Å². The van der Waals surface area contributed by atoms with Crippen LogP contribution in [0, 0.1) is 11.8 Å². The summed E-state index contributed by atoms with van der Waals surface area (Å²) >= 11 is 0. The molecule has 3 nitrogen and oxygen atoms in total. The van der Waals surface area contributed by atoms with Gasteiger partial charge < -0.3 is 10.2 Å². The molecule has 1 N–H and O–H groups in total. The van der Waals surface area contributed by atoms with Crippen LogP contribution in [0.2, 0.25) is 0 Å². The molecule has 1 unspecified atom stereocenters. The van der Waals surface area contributed by atoms with E-state index in [1.165, 1.54) is 12.8 Å². The van der Waals surface area contributed by atoms with Crippen molar-refractivity contribution in [1.29, 1.82) is 0 Å². The van der Waals surface area contributed by atoms with Gasteiger partial charge in [-0.25, -0.2) is 0 Å². The monoisotopic (exact) mass is 290 g/mol. The molecule has 0 aromatic rings. The number of halogens is 1. The van der Waals surface area contributed by atoms with Crippen molar-refractivity contribution in [1.82, 2.24) is 10.2 Å². The van der Waals surface area contributed by atoms with Crippen molar-refractivity contribution in [2.24, 2.45) is 11.8 Å². The van der Waals surface area contributed by atoms with Crippen LogP contribution in [0.5, 0.6) is 0 Å². The summed E-state index contributed by atoms with van der Waals surface area (Å²) in [6, 6.07) is 0.578. The van der Waals surface area contributed by atoms with Gasteiger partial charge in [-0.05, 0) is 37.6 Å². The zero-order valence-corrected chi connectivity index (χ0v) is 13.8. The third kappa shape index (κ3) is 7.78. The molecule has 1 amide bonds. The molecule has 0 aromatic carbocycles. The van der Waals surface area contributed by atoms with Crippen LogP contribution >= 0.6 is 12.4 Å². The summed E-state index contributed by atoms with van der Waals surface area (Å²) in [6.45, 7) is 11.6. The summed E-state index contributed by atoms with van der Waals surface area (Å²) < 4.78 is 0. The SMILES string of the molecule is CC(C)CN(CC(C)C)C(=O)CCC1CCCN1.Cl. The van der Waals surface area contributed by atoms with Crippen LogP contribution < -0.4 is 5.32 Å². The van der Waals surface area contributed by atoms with Gasteiger partial charge in [0.25, 0.3) is 0 Å². The third-order valence-electron chi connectivity index (χ3n) is 3.39. The van der Waals surface area contributed by atoms with Crippen LogP contribution in [0.4, 0.5) is 0 Å². The molecule has 1 atom stereocenters. The highest BCUT2D eigenvalue weighted by molar-refractivity contribution is 5.85. The van der Waals surface area contributed by atoms with Gasteiger partial charge in [0, 0.05) is 25.6 Å². The number of nitrogens with zero attached hydrogens (tertiary/aromatic N) is 1. The van der Waals surface area contributed by atoms with Crippen LogP contribution in [0.15, 0.2) is 0 Å². The molecule has 0 radical (unpaired) electrons. The lowest BCUT2D eigenvalue weighted by molar-refractivity contribution is -0.132. The van der Waals surface area contributed by atoms with Crippen LogP contribution in [0.1, 0.15) is 53.4 Å². The van der Waals surface area contributed by atoms with Gasteiger partial charge >= 0.3 is 0 Å². The average molecular weight is 291 g/mol. The maximum absolute atomic E-state index is 12.3. The van der Waals surface area contributed by atoms with E-state index in [9.17, 15) is 4.79 Å². The first-order chi connectivity index (χ1) is 8.49. The van der Waals surface area contributed by atoms with Crippen molar-refractivity contribution in [2.75, 3.05) is 19.6 Å². The van der Waals surface area contributed by atoms with E-state index in [-0.39, 0.29) is 12.4 Å². The van der Waals surface area contributed by atoms with Gasteiger partial charge in [-0.3, -0.25) is 4.79 Å². The molecule has 0 aliphatic carbocycles. The van der Waals surface area contributed by atoms with Gasteiger partial charge in [-0.15, -0.1) is 12.4 Å². The van der Waals surface area contributed by atoms with Crippen molar-refractivity contribution in [3.63, 3.8) is 0 Å². The fourth-order valence-corrected chi connectivity index (χ4v) is 2.62. The number of rotatable bonds is 7. The van der Waals surface area contributed by atoms with Gasteiger partial charge in [0.1, 0.15) is 0 Å². The molecule has 4 heteroatoms. The number of carbonyl (C=O) groups is 1. The maximum atomic E-state index is 12.3. The number of hydrogen-bond donors (Lipinski definition) is 1. The average Bonchev–Trinajstić information content (AvgIpc) is 2.76. The molecular formula is C15H31ClN2O. The number of hydrogen-bond acceptors (Lipinski definition) is 2. The molecule has 1 aliphatic heterocycles. The highest BCUT2D eigenvalue weighted by Gasteiger charge is 2.19. The molecule has 1 fully saturated rings. The van der Waals surface area contributed by atoms with Crippen LogP contribution in [0.25, 0.3) is 0 Å². The summed E-state index contributed by atoms with van der Waals surface area (Å²) in [5.74, 6) is 1.45. The summed E-state index contributed by atoms with van der Waals surface area (Å²) in [5.41, 5.74) is 0. The topological polar surface area (TPSA) is 32.3 Å². The maximum Gasteiger partial charge on any atom is 0.222 e. The molecule has 0 bridgehead atoms. The standard InChI is InChI=1S/C15H30N2O.ClH/c1-12(2)10-17(11-13(3)4)15(18)8-7-14-6-5-9-16-14;/h12-14,16H,5-11H2,1-4H3;1H. The van der Waals surface area contributed by atoms with Crippen molar-refractivity contribution < 1.29 is 4.79 Å². The van der Waals surface area contributed by atoms with Gasteiger partial charge in [-0.2, -0.15) is 0 Å². The molecule has 114 valence electrons. The molecule has 0 spiro atoms. The summed E-state index contributed by atoms with van der Waals surface area (Å²) in [7, 11) is 0. The van der Waals surface area contributed by atoms with Gasteiger partial charge in [0.2, 0.25) is 5.91 Å². The Morgan fingerprint density at radius 3 is 2.21 bits per heavy atom. The molecule has 1 heterocycles. The molecule has 0 saturated carbocycles. The van der Waals surface area contributed by atoms with E-state index in [1.807, 2.05) is 0 Å². The number of carbonyl (C=O) groups excluding carboxylic acids is 1. The lowest BCUT2D eigenvalue weighted by Crippen LogP contribution is -2.37. The summed E-state index contributed by atoms with van der Waals surface area (Å²) in [6.07, 6.45) is 4.21. The van der Waals surface area contributed by atoms with Gasteiger partial charge in [0.15, 0.2) is 0 Å². The second-order valence-corrected chi connectivity index (χ2v) is 6.42. The largest absolute Gasteiger partial charge is 0.342 e. The van der Waals surface area contributed by atoms with E-state index in [0.717, 1.165) is 26.1 Å². The highest BCUT2D eigenvalue weighted by Crippen LogP contribution is 2.13. The van der Waals surface area contributed by atoms with Crippen molar-refractivity contribution in [2.45, 2.75) is 59.4 Å². The predicted octanol–water partition coefficient (Wildman–Crippen LogP) is 3.08. The smallest absolute Gasteiger partial charge is 0.222 e. The Hall–Kier alpha value is -0.280. The number of nitrogens with one attached hydrogen (secondary N) is 1. The fourth-order valence-electron chi connectivity index (χ4n) is 2.62. The molecular weight excluding hydrogens is 260 g/mol. The van der Waals surface area contributed by atoms with E-state index in [4.69, 9.17) is 0 Å². The summed E-state index contributed by atoms with van der Waals surface area (Å²) in [5, 5.41) is 3.46. The minimum Gasteiger partial charge on any atom is -0.342 e. The molecule has 0 aromatic heterocycles. The lowest BCUT2D eigenvalue weighted by atomic mass is 10.1. The Bertz CT molecular complexity index is 241. The Morgan fingerprint density at radius 2 is 1.79 bits per heavy atom. The quantitative estimate of drug-likeness (QED) is 0.781. The molecule has 1 aliphatic rings. The Kier molecular flexibility index (Phi) is 9.46. The zero-order chi connectivity index (χ0) is 13.5. The van der Waals surface area contributed by atoms with E-state index in [2.05, 4.69) is 37.9 Å². The Morgan fingerprint density at radius 1 is 1.21 bits per heavy atom. The molecule has 1 saturated heterocycles. The van der Waals surface area contributed by atoms with Crippen molar-refractivity contribution in [3.8, 4) is 0 Å². The van der Waals surface area contributed by atoms with Crippen molar-refractivity contribution in [3.05, 3.63) is 0 Å². The van der Waals surface area contributed by atoms with E-state index in [0.29, 0.717) is 30.2 Å².